The van der Waals surface area contributed by atoms with E-state index in [2.05, 4.69) is 16.7 Å². The summed E-state index contributed by atoms with van der Waals surface area (Å²) in [7, 11) is 0. The average Bonchev–Trinajstić information content (AvgIpc) is 2.23. The van der Waals surface area contributed by atoms with Gasteiger partial charge in [-0.1, -0.05) is 6.92 Å². The summed E-state index contributed by atoms with van der Waals surface area (Å²) in [5.41, 5.74) is 0. The van der Waals surface area contributed by atoms with E-state index in [1.165, 1.54) is 13.1 Å². The number of morpholine rings is 1. The van der Waals surface area contributed by atoms with Crippen LogP contribution in [0.1, 0.15) is 6.92 Å². The summed E-state index contributed by atoms with van der Waals surface area (Å²) in [4.78, 5) is 5.02. The van der Waals surface area contributed by atoms with Crippen LogP contribution >= 0.6 is 0 Å². The summed E-state index contributed by atoms with van der Waals surface area (Å²) in [5, 5.41) is 0. The normalized spacial score (nSPS) is 24.4. The molecule has 0 aromatic rings. The van der Waals surface area contributed by atoms with Crippen molar-refractivity contribution in [1.82, 2.24) is 9.80 Å². The Balaban J connectivity index is 1.65. The zero-order chi connectivity index (χ0) is 10.5. The Morgan fingerprint density at radius 2 is 1.93 bits per heavy atom. The predicted octanol–water partition coefficient (Wildman–Crippen LogP) is 0.0393. The molecular weight excluding hydrogens is 192 g/mol. The molecule has 0 bridgehead atoms. The molecule has 2 saturated heterocycles. The fourth-order valence-electron chi connectivity index (χ4n) is 2.13. The van der Waals surface area contributed by atoms with Crippen molar-refractivity contribution in [2.75, 3.05) is 59.2 Å². The predicted molar refractivity (Wildman–Crippen MR) is 59.1 cm³/mol. The molecule has 0 aliphatic carbocycles. The Hall–Kier alpha value is -0.160. The van der Waals surface area contributed by atoms with Crippen molar-refractivity contribution in [1.29, 1.82) is 0 Å². The Morgan fingerprint density at radius 3 is 2.47 bits per heavy atom. The van der Waals surface area contributed by atoms with Crippen LogP contribution in [-0.2, 0) is 9.47 Å². The topological polar surface area (TPSA) is 24.9 Å². The summed E-state index contributed by atoms with van der Waals surface area (Å²) in [6, 6.07) is 0.677. The molecule has 0 aromatic heterocycles. The van der Waals surface area contributed by atoms with Crippen LogP contribution in [0.15, 0.2) is 0 Å². The summed E-state index contributed by atoms with van der Waals surface area (Å²) in [6.07, 6.45) is 0. The quantitative estimate of drug-likeness (QED) is 0.645. The maximum Gasteiger partial charge on any atom is 0.0645 e. The molecule has 2 aliphatic rings. The number of ether oxygens (including phenoxy) is 2. The molecule has 0 radical (unpaired) electrons. The van der Waals surface area contributed by atoms with E-state index in [1.807, 2.05) is 0 Å². The Kier molecular flexibility index (Phi) is 4.38. The molecule has 2 heterocycles. The van der Waals surface area contributed by atoms with E-state index in [4.69, 9.17) is 9.47 Å². The third-order valence-electron chi connectivity index (χ3n) is 3.35. The van der Waals surface area contributed by atoms with Crippen LogP contribution in [-0.4, -0.2) is 75.0 Å². The zero-order valence-corrected chi connectivity index (χ0v) is 9.65. The highest BCUT2D eigenvalue weighted by Gasteiger charge is 2.24. The minimum Gasteiger partial charge on any atom is -0.379 e. The highest BCUT2D eigenvalue weighted by molar-refractivity contribution is 4.77. The second-order valence-electron chi connectivity index (χ2n) is 4.27. The number of hydrogen-bond donors (Lipinski definition) is 0. The van der Waals surface area contributed by atoms with Gasteiger partial charge in [0, 0.05) is 26.2 Å². The molecule has 88 valence electrons. The van der Waals surface area contributed by atoms with E-state index in [9.17, 15) is 0 Å². The maximum atomic E-state index is 5.34. The van der Waals surface area contributed by atoms with Gasteiger partial charge in [-0.2, -0.15) is 0 Å². The SMILES string of the molecule is CCN(CCN1CCOCC1)C1COC1. The monoisotopic (exact) mass is 214 g/mol. The minimum absolute atomic E-state index is 0.677. The van der Waals surface area contributed by atoms with E-state index in [1.54, 1.807) is 0 Å². The molecule has 0 amide bonds. The lowest BCUT2D eigenvalue weighted by Crippen LogP contribution is -2.51. The number of likely N-dealkylation sites (N-methyl/N-ethyl adjacent to an activating group) is 1. The average molecular weight is 214 g/mol. The van der Waals surface area contributed by atoms with Gasteiger partial charge in [-0.3, -0.25) is 9.80 Å². The summed E-state index contributed by atoms with van der Waals surface area (Å²) in [5.74, 6) is 0. The first-order valence-corrected chi connectivity index (χ1v) is 6.02. The minimum atomic E-state index is 0.677. The van der Waals surface area contributed by atoms with Crippen molar-refractivity contribution in [3.05, 3.63) is 0 Å². The first-order valence-electron chi connectivity index (χ1n) is 6.02. The lowest BCUT2D eigenvalue weighted by Gasteiger charge is -2.38. The van der Waals surface area contributed by atoms with Crippen LogP contribution in [0.3, 0.4) is 0 Å². The molecule has 4 nitrogen and oxygen atoms in total. The van der Waals surface area contributed by atoms with Crippen molar-refractivity contribution < 1.29 is 9.47 Å². The highest BCUT2D eigenvalue weighted by atomic mass is 16.5. The fraction of sp³-hybridized carbons (Fsp3) is 1.00. The first kappa shape index (κ1) is 11.3. The summed E-state index contributed by atoms with van der Waals surface area (Å²) < 4.78 is 10.6. The van der Waals surface area contributed by atoms with Gasteiger partial charge in [0.05, 0.1) is 32.5 Å². The Bertz CT molecular complexity index is 179. The van der Waals surface area contributed by atoms with E-state index >= 15 is 0 Å². The van der Waals surface area contributed by atoms with Gasteiger partial charge in [0.25, 0.3) is 0 Å². The van der Waals surface area contributed by atoms with Crippen LogP contribution in [0.4, 0.5) is 0 Å². The fourth-order valence-corrected chi connectivity index (χ4v) is 2.13. The van der Waals surface area contributed by atoms with Crippen LogP contribution < -0.4 is 0 Å². The van der Waals surface area contributed by atoms with E-state index < -0.39 is 0 Å². The van der Waals surface area contributed by atoms with Crippen LogP contribution in [0.5, 0.6) is 0 Å². The van der Waals surface area contributed by atoms with Crippen molar-refractivity contribution in [2.24, 2.45) is 0 Å². The summed E-state index contributed by atoms with van der Waals surface area (Å²) >= 11 is 0. The second-order valence-corrected chi connectivity index (χ2v) is 4.27. The number of rotatable bonds is 5. The third kappa shape index (κ3) is 3.14. The molecular formula is C11H22N2O2. The molecule has 0 unspecified atom stereocenters. The van der Waals surface area contributed by atoms with Gasteiger partial charge < -0.3 is 9.47 Å². The second kappa shape index (κ2) is 5.80. The molecule has 0 spiro atoms. The van der Waals surface area contributed by atoms with Crippen molar-refractivity contribution >= 4 is 0 Å². The molecule has 2 fully saturated rings. The van der Waals surface area contributed by atoms with Crippen LogP contribution in [0, 0.1) is 0 Å². The van der Waals surface area contributed by atoms with Crippen molar-refractivity contribution in [3.8, 4) is 0 Å². The van der Waals surface area contributed by atoms with Gasteiger partial charge in [-0.15, -0.1) is 0 Å². The zero-order valence-electron chi connectivity index (χ0n) is 9.65. The van der Waals surface area contributed by atoms with Gasteiger partial charge in [0.15, 0.2) is 0 Å². The third-order valence-corrected chi connectivity index (χ3v) is 3.35. The van der Waals surface area contributed by atoms with Crippen molar-refractivity contribution in [2.45, 2.75) is 13.0 Å². The van der Waals surface area contributed by atoms with Crippen LogP contribution in [0.25, 0.3) is 0 Å². The van der Waals surface area contributed by atoms with E-state index in [0.29, 0.717) is 6.04 Å². The maximum absolute atomic E-state index is 5.34. The smallest absolute Gasteiger partial charge is 0.0645 e. The van der Waals surface area contributed by atoms with Gasteiger partial charge in [0.1, 0.15) is 0 Å². The lowest BCUT2D eigenvalue weighted by atomic mass is 10.2. The highest BCUT2D eigenvalue weighted by Crippen LogP contribution is 2.10. The Labute approximate surface area is 92.1 Å². The molecule has 15 heavy (non-hydrogen) atoms. The largest absolute Gasteiger partial charge is 0.379 e. The molecule has 0 atom stereocenters. The lowest BCUT2D eigenvalue weighted by molar-refractivity contribution is -0.0669. The molecule has 2 rings (SSSR count). The first-order chi connectivity index (χ1) is 7.40. The molecule has 0 saturated carbocycles. The standard InChI is InChI=1S/C11H22N2O2/c1-2-13(11-9-15-10-11)4-3-12-5-7-14-8-6-12/h11H,2-10H2,1H3. The molecule has 2 aliphatic heterocycles. The summed E-state index contributed by atoms with van der Waals surface area (Å²) in [6.45, 7) is 11.6. The Morgan fingerprint density at radius 1 is 1.20 bits per heavy atom. The van der Waals surface area contributed by atoms with Gasteiger partial charge >= 0.3 is 0 Å². The molecule has 0 N–H and O–H groups in total. The van der Waals surface area contributed by atoms with Crippen LogP contribution in [0.2, 0.25) is 0 Å². The van der Waals surface area contributed by atoms with Crippen molar-refractivity contribution in [3.63, 3.8) is 0 Å². The van der Waals surface area contributed by atoms with E-state index in [0.717, 1.165) is 46.1 Å². The number of nitrogens with zero attached hydrogens (tertiary/aromatic N) is 2. The van der Waals surface area contributed by atoms with Gasteiger partial charge in [0.2, 0.25) is 0 Å². The van der Waals surface area contributed by atoms with Gasteiger partial charge in [-0.05, 0) is 6.54 Å². The van der Waals surface area contributed by atoms with E-state index in [-0.39, 0.29) is 0 Å². The number of hydrogen-bond acceptors (Lipinski definition) is 4. The molecule has 4 heteroatoms. The molecule has 0 aromatic carbocycles. The van der Waals surface area contributed by atoms with Gasteiger partial charge in [-0.25, -0.2) is 0 Å².